The number of sulfone groups is 1. The van der Waals surface area contributed by atoms with E-state index in [2.05, 4.69) is 4.74 Å². The Balaban J connectivity index is 2.37. The smallest absolute Gasteiger partial charge is 0.349 e. The highest BCUT2D eigenvalue weighted by Crippen LogP contribution is 2.33. The number of benzene rings is 1. The Morgan fingerprint density at radius 2 is 1.68 bits per heavy atom. The molecule has 100 valence electrons. The Bertz CT molecular complexity index is 665. The third-order valence-electron chi connectivity index (χ3n) is 2.73. The van der Waals surface area contributed by atoms with Gasteiger partial charge in [-0.25, -0.2) is 13.2 Å². The van der Waals surface area contributed by atoms with Crippen LogP contribution in [0.1, 0.15) is 5.56 Å². The number of methoxy groups -OCH3 is 2. The maximum atomic E-state index is 12.2. The summed E-state index contributed by atoms with van der Waals surface area (Å²) in [6, 6.07) is 6.55. The molecule has 0 unspecified atom stereocenters. The lowest BCUT2D eigenvalue weighted by Crippen LogP contribution is -2.13. The summed E-state index contributed by atoms with van der Waals surface area (Å²) in [6.07, 6.45) is 2.64. The van der Waals surface area contributed by atoms with Crippen molar-refractivity contribution in [3.8, 4) is 5.75 Å². The number of carbonyl (C=O) groups is 1. The van der Waals surface area contributed by atoms with Gasteiger partial charge >= 0.3 is 5.97 Å². The molecular weight excluding hydrogens is 268 g/mol. The molecule has 1 aliphatic rings. The van der Waals surface area contributed by atoms with Gasteiger partial charge in [0.2, 0.25) is 9.84 Å². The molecule has 0 saturated carbocycles. The van der Waals surface area contributed by atoms with Gasteiger partial charge in [0.15, 0.2) is 4.91 Å². The first-order chi connectivity index (χ1) is 9.00. The average Bonchev–Trinajstić information content (AvgIpc) is 2.73. The predicted molar refractivity (Wildman–Crippen MR) is 70.0 cm³/mol. The lowest BCUT2D eigenvalue weighted by molar-refractivity contribution is -0.135. The molecule has 0 aliphatic carbocycles. The summed E-state index contributed by atoms with van der Waals surface area (Å²) in [5.41, 5.74) is 0.496. The molecule has 1 heterocycles. The van der Waals surface area contributed by atoms with Crippen molar-refractivity contribution in [3.05, 3.63) is 46.9 Å². The zero-order chi connectivity index (χ0) is 14.0. The van der Waals surface area contributed by atoms with E-state index in [0.717, 1.165) is 7.11 Å². The van der Waals surface area contributed by atoms with E-state index in [9.17, 15) is 13.2 Å². The van der Waals surface area contributed by atoms with Gasteiger partial charge in [-0.15, -0.1) is 0 Å². The van der Waals surface area contributed by atoms with Crippen LogP contribution >= 0.6 is 0 Å². The van der Waals surface area contributed by atoms with Crippen LogP contribution in [0.3, 0.4) is 0 Å². The maximum Gasteiger partial charge on any atom is 0.349 e. The van der Waals surface area contributed by atoms with E-state index in [1.165, 1.54) is 19.3 Å². The molecule has 0 fully saturated rings. The molecule has 0 bridgehead atoms. The Morgan fingerprint density at radius 3 is 2.21 bits per heavy atom. The molecule has 0 N–H and O–H groups in total. The normalized spacial score (nSPS) is 16.5. The van der Waals surface area contributed by atoms with Gasteiger partial charge in [-0.3, -0.25) is 0 Å². The number of hydrogen-bond donors (Lipinski definition) is 0. The molecule has 0 aromatic heterocycles. The molecule has 0 radical (unpaired) electrons. The maximum absolute atomic E-state index is 12.2. The SMILES string of the molecule is COC(=O)C1=CC=C(c2ccc(OC)cc2)S1(=O)=O. The van der Waals surface area contributed by atoms with Crippen LogP contribution in [-0.2, 0) is 19.4 Å². The van der Waals surface area contributed by atoms with Crippen molar-refractivity contribution >= 4 is 20.7 Å². The van der Waals surface area contributed by atoms with Gasteiger partial charge in [-0.2, -0.15) is 0 Å². The van der Waals surface area contributed by atoms with Crippen molar-refractivity contribution < 1.29 is 22.7 Å². The fraction of sp³-hybridized carbons (Fsp3) is 0.154. The van der Waals surface area contributed by atoms with Crippen LogP contribution < -0.4 is 4.74 Å². The summed E-state index contributed by atoms with van der Waals surface area (Å²) in [6.45, 7) is 0. The summed E-state index contributed by atoms with van der Waals surface area (Å²) < 4.78 is 33.8. The number of esters is 1. The first-order valence-electron chi connectivity index (χ1n) is 5.40. The number of rotatable bonds is 3. The van der Waals surface area contributed by atoms with Gasteiger partial charge in [0.1, 0.15) is 5.75 Å². The minimum atomic E-state index is -3.80. The van der Waals surface area contributed by atoms with Crippen molar-refractivity contribution in [1.82, 2.24) is 0 Å². The molecule has 0 amide bonds. The van der Waals surface area contributed by atoms with E-state index in [0.29, 0.717) is 11.3 Å². The van der Waals surface area contributed by atoms with Crippen molar-refractivity contribution in [3.63, 3.8) is 0 Å². The van der Waals surface area contributed by atoms with Crippen LogP contribution in [0.4, 0.5) is 0 Å². The summed E-state index contributed by atoms with van der Waals surface area (Å²) >= 11 is 0. The van der Waals surface area contributed by atoms with Gasteiger partial charge in [-0.1, -0.05) is 0 Å². The van der Waals surface area contributed by atoms with Crippen LogP contribution in [0.5, 0.6) is 5.75 Å². The van der Waals surface area contributed by atoms with Crippen LogP contribution in [-0.4, -0.2) is 28.6 Å². The minimum Gasteiger partial charge on any atom is -0.497 e. The second kappa shape index (κ2) is 4.89. The predicted octanol–water partition coefficient (Wildman–Crippen LogP) is 1.52. The molecule has 5 nitrogen and oxygen atoms in total. The first kappa shape index (κ1) is 13.4. The van der Waals surface area contributed by atoms with Crippen molar-refractivity contribution in [1.29, 1.82) is 0 Å². The minimum absolute atomic E-state index is 0.0792. The van der Waals surface area contributed by atoms with E-state index in [-0.39, 0.29) is 9.81 Å². The quantitative estimate of drug-likeness (QED) is 0.785. The van der Waals surface area contributed by atoms with Crippen LogP contribution in [0, 0.1) is 0 Å². The van der Waals surface area contributed by atoms with Crippen molar-refractivity contribution in [2.45, 2.75) is 0 Å². The summed E-state index contributed by atoms with van der Waals surface area (Å²) in [5, 5.41) is 0. The highest BCUT2D eigenvalue weighted by Gasteiger charge is 2.33. The van der Waals surface area contributed by atoms with Gasteiger partial charge in [0, 0.05) is 0 Å². The monoisotopic (exact) mass is 280 g/mol. The molecule has 6 heteroatoms. The Morgan fingerprint density at radius 1 is 1.05 bits per heavy atom. The van der Waals surface area contributed by atoms with Gasteiger partial charge in [0.25, 0.3) is 0 Å². The van der Waals surface area contributed by atoms with Crippen molar-refractivity contribution in [2.75, 3.05) is 14.2 Å². The number of carbonyl (C=O) groups excluding carboxylic acids is 1. The molecule has 1 aromatic rings. The zero-order valence-corrected chi connectivity index (χ0v) is 11.2. The third kappa shape index (κ3) is 2.26. The number of allylic oxidation sites excluding steroid dienone is 2. The highest BCUT2D eigenvalue weighted by molar-refractivity contribution is 8.05. The molecule has 1 aliphatic heterocycles. The van der Waals surface area contributed by atoms with E-state index in [1.807, 2.05) is 0 Å². The topological polar surface area (TPSA) is 69.7 Å². The van der Waals surface area contributed by atoms with Gasteiger partial charge in [0.05, 0.1) is 19.1 Å². The lowest BCUT2D eigenvalue weighted by Gasteiger charge is -2.07. The second-order valence-corrected chi connectivity index (χ2v) is 5.67. The van der Waals surface area contributed by atoms with E-state index in [4.69, 9.17) is 4.74 Å². The molecule has 0 saturated heterocycles. The Kier molecular flexibility index (Phi) is 3.44. The standard InChI is InChI=1S/C13H12O5S/c1-17-10-5-3-9(4-6-10)11-7-8-12(13(14)18-2)19(11,15)16/h3-8H,1-2H3. The van der Waals surface area contributed by atoms with E-state index >= 15 is 0 Å². The summed E-state index contributed by atoms with van der Waals surface area (Å²) in [4.78, 5) is 11.1. The van der Waals surface area contributed by atoms with E-state index < -0.39 is 15.8 Å². The van der Waals surface area contributed by atoms with Crippen LogP contribution in [0.2, 0.25) is 0 Å². The van der Waals surface area contributed by atoms with Gasteiger partial charge in [-0.05, 0) is 42.0 Å². The fourth-order valence-corrected chi connectivity index (χ4v) is 3.21. The molecule has 0 atom stereocenters. The molecule has 1 aromatic carbocycles. The Hall–Kier alpha value is -2.08. The lowest BCUT2D eigenvalue weighted by atomic mass is 10.2. The van der Waals surface area contributed by atoms with Crippen molar-refractivity contribution in [2.24, 2.45) is 0 Å². The van der Waals surface area contributed by atoms with Gasteiger partial charge < -0.3 is 9.47 Å². The summed E-state index contributed by atoms with van der Waals surface area (Å²) in [5.74, 6) is -0.236. The average molecular weight is 280 g/mol. The second-order valence-electron chi connectivity index (χ2n) is 3.79. The van der Waals surface area contributed by atoms with E-state index in [1.54, 1.807) is 24.3 Å². The van der Waals surface area contributed by atoms with Crippen LogP contribution in [0.25, 0.3) is 4.91 Å². The molecular formula is C13H12O5S. The number of ether oxygens (including phenoxy) is 2. The first-order valence-corrected chi connectivity index (χ1v) is 6.89. The Labute approximate surface area is 111 Å². The summed E-state index contributed by atoms with van der Waals surface area (Å²) in [7, 11) is -1.14. The third-order valence-corrected chi connectivity index (χ3v) is 4.56. The molecule has 2 rings (SSSR count). The zero-order valence-electron chi connectivity index (χ0n) is 10.4. The highest BCUT2D eigenvalue weighted by atomic mass is 32.2. The van der Waals surface area contributed by atoms with Crippen LogP contribution in [0.15, 0.2) is 41.3 Å². The molecule has 19 heavy (non-hydrogen) atoms. The fourth-order valence-electron chi connectivity index (χ4n) is 1.73. The largest absolute Gasteiger partial charge is 0.497 e. The molecule has 0 spiro atoms. The number of hydrogen-bond acceptors (Lipinski definition) is 5.